The Bertz CT molecular complexity index is 487. The lowest BCUT2D eigenvalue weighted by Crippen LogP contribution is -2.36. The highest BCUT2D eigenvalue weighted by atomic mass is 16.2. The van der Waals surface area contributed by atoms with Gasteiger partial charge < -0.3 is 16.0 Å². The van der Waals surface area contributed by atoms with Crippen LogP contribution in [0, 0.1) is 5.41 Å². The van der Waals surface area contributed by atoms with Gasteiger partial charge in [0.1, 0.15) is 0 Å². The van der Waals surface area contributed by atoms with Crippen molar-refractivity contribution in [2.24, 2.45) is 5.41 Å². The summed E-state index contributed by atoms with van der Waals surface area (Å²) in [5.41, 5.74) is 8.49. The summed E-state index contributed by atoms with van der Waals surface area (Å²) in [4.78, 5) is 13.8. The van der Waals surface area contributed by atoms with E-state index in [-0.39, 0.29) is 5.91 Å². The number of carbonyl (C=O) groups is 1. The van der Waals surface area contributed by atoms with Crippen molar-refractivity contribution in [2.45, 2.75) is 32.6 Å². The minimum Gasteiger partial charge on any atom is -0.399 e. The molecule has 3 N–H and O–H groups in total. The summed E-state index contributed by atoms with van der Waals surface area (Å²) in [5, 5.41) is 3.46. The summed E-state index contributed by atoms with van der Waals surface area (Å²) in [6.45, 7) is 3.16. The number of carbonyl (C=O) groups excluding carboxylic acids is 1. The van der Waals surface area contributed by atoms with E-state index in [1.165, 1.54) is 25.7 Å². The number of nitrogens with two attached hydrogens (primary N) is 1. The molecule has 1 aliphatic rings. The van der Waals surface area contributed by atoms with Crippen LogP contribution in [0.2, 0.25) is 0 Å². The van der Waals surface area contributed by atoms with Gasteiger partial charge in [-0.05, 0) is 42.9 Å². The third kappa shape index (κ3) is 2.89. The Kier molecular flexibility index (Phi) is 4.21. The van der Waals surface area contributed by atoms with Crippen molar-refractivity contribution < 1.29 is 4.79 Å². The second-order valence-corrected chi connectivity index (χ2v) is 6.07. The lowest BCUT2D eigenvalue weighted by Gasteiger charge is -2.41. The van der Waals surface area contributed by atoms with Crippen LogP contribution in [0.1, 0.15) is 43.0 Å². The average molecular weight is 275 g/mol. The van der Waals surface area contributed by atoms with Crippen LogP contribution in [0.4, 0.5) is 11.4 Å². The van der Waals surface area contributed by atoms with E-state index in [1.807, 2.05) is 6.07 Å². The largest absolute Gasteiger partial charge is 0.399 e. The maximum absolute atomic E-state index is 12.2. The van der Waals surface area contributed by atoms with Crippen molar-refractivity contribution in [1.29, 1.82) is 0 Å². The molecule has 2 rings (SSSR count). The van der Waals surface area contributed by atoms with Crippen LogP contribution < -0.4 is 11.1 Å². The normalized spacial score (nSPS) is 16.4. The maximum atomic E-state index is 12.2. The predicted molar refractivity (Wildman–Crippen MR) is 83.9 cm³/mol. The van der Waals surface area contributed by atoms with Gasteiger partial charge in [0.2, 0.25) is 0 Å². The smallest absolute Gasteiger partial charge is 0.255 e. The molecule has 1 aromatic carbocycles. The molecule has 0 radical (unpaired) electrons. The lowest BCUT2D eigenvalue weighted by molar-refractivity contribution is 0.0828. The molecule has 0 saturated heterocycles. The molecule has 1 amide bonds. The molecule has 0 aromatic heterocycles. The highest BCUT2D eigenvalue weighted by Crippen LogP contribution is 2.43. The van der Waals surface area contributed by atoms with Crippen molar-refractivity contribution in [3.8, 4) is 0 Å². The van der Waals surface area contributed by atoms with Gasteiger partial charge in [0.15, 0.2) is 0 Å². The number of amides is 1. The van der Waals surface area contributed by atoms with E-state index in [0.717, 1.165) is 12.2 Å². The lowest BCUT2D eigenvalue weighted by atomic mass is 9.67. The van der Waals surface area contributed by atoms with Gasteiger partial charge >= 0.3 is 0 Å². The Morgan fingerprint density at radius 3 is 2.60 bits per heavy atom. The molecule has 0 spiro atoms. The first-order valence-corrected chi connectivity index (χ1v) is 7.32. The van der Waals surface area contributed by atoms with Crippen molar-refractivity contribution in [1.82, 2.24) is 4.90 Å². The quantitative estimate of drug-likeness (QED) is 0.812. The summed E-state index contributed by atoms with van der Waals surface area (Å²) in [6.07, 6.45) is 5.04. The highest BCUT2D eigenvalue weighted by Gasteiger charge is 2.34. The van der Waals surface area contributed by atoms with Crippen LogP contribution in [-0.2, 0) is 0 Å². The molecular formula is C16H25N3O. The van der Waals surface area contributed by atoms with Crippen molar-refractivity contribution in [3.05, 3.63) is 23.8 Å². The molecule has 0 heterocycles. The standard InChI is InChI=1S/C16H25N3O/c1-4-16(8-5-9-16)11-18-14-10-12(17)6-7-13(14)15(20)19(2)3/h6-7,10,18H,4-5,8-9,11,17H2,1-3H3. The zero-order chi connectivity index (χ0) is 14.8. The van der Waals surface area contributed by atoms with Crippen molar-refractivity contribution >= 4 is 17.3 Å². The van der Waals surface area contributed by atoms with Gasteiger partial charge in [-0.3, -0.25) is 4.79 Å². The fourth-order valence-electron chi connectivity index (χ4n) is 2.75. The molecule has 20 heavy (non-hydrogen) atoms. The molecule has 0 atom stereocenters. The summed E-state index contributed by atoms with van der Waals surface area (Å²) < 4.78 is 0. The van der Waals surface area contributed by atoms with Gasteiger partial charge in [-0.1, -0.05) is 13.3 Å². The van der Waals surface area contributed by atoms with Crippen molar-refractivity contribution in [2.75, 3.05) is 31.7 Å². The molecule has 1 aromatic rings. The molecule has 4 heteroatoms. The van der Waals surface area contributed by atoms with Crippen LogP contribution in [-0.4, -0.2) is 31.4 Å². The Balaban J connectivity index is 2.17. The fraction of sp³-hybridized carbons (Fsp3) is 0.562. The first-order valence-electron chi connectivity index (χ1n) is 7.32. The number of anilines is 2. The summed E-state index contributed by atoms with van der Waals surface area (Å²) in [6, 6.07) is 5.44. The molecule has 4 nitrogen and oxygen atoms in total. The Hall–Kier alpha value is -1.71. The van der Waals surface area contributed by atoms with Gasteiger partial charge in [0.05, 0.1) is 5.56 Å². The number of nitrogens with one attached hydrogen (secondary N) is 1. The number of hydrogen-bond acceptors (Lipinski definition) is 3. The second-order valence-electron chi connectivity index (χ2n) is 6.07. The highest BCUT2D eigenvalue weighted by molar-refractivity contribution is 6.00. The van der Waals surface area contributed by atoms with Gasteiger partial charge in [-0.15, -0.1) is 0 Å². The topological polar surface area (TPSA) is 58.4 Å². The van der Waals surface area contributed by atoms with Crippen LogP contribution >= 0.6 is 0 Å². The van der Waals surface area contributed by atoms with E-state index in [0.29, 0.717) is 16.7 Å². The average Bonchev–Trinajstić information content (AvgIpc) is 2.37. The van der Waals surface area contributed by atoms with Crippen LogP contribution in [0.5, 0.6) is 0 Å². The SMILES string of the molecule is CCC1(CNc2cc(N)ccc2C(=O)N(C)C)CCC1. The minimum atomic E-state index is 0.00616. The third-order valence-corrected chi connectivity index (χ3v) is 4.50. The van der Waals surface area contributed by atoms with Gasteiger partial charge in [0, 0.05) is 32.0 Å². The Morgan fingerprint density at radius 1 is 1.40 bits per heavy atom. The van der Waals surface area contributed by atoms with Gasteiger partial charge in [-0.25, -0.2) is 0 Å². The van der Waals surface area contributed by atoms with Crippen molar-refractivity contribution in [3.63, 3.8) is 0 Å². The zero-order valence-electron chi connectivity index (χ0n) is 12.7. The van der Waals surface area contributed by atoms with Crippen LogP contribution in [0.15, 0.2) is 18.2 Å². The predicted octanol–water partition coefficient (Wildman–Crippen LogP) is 2.96. The molecule has 0 bridgehead atoms. The summed E-state index contributed by atoms with van der Waals surface area (Å²) >= 11 is 0. The zero-order valence-corrected chi connectivity index (χ0v) is 12.7. The number of nitrogens with zero attached hydrogens (tertiary/aromatic N) is 1. The molecule has 0 aliphatic heterocycles. The Labute approximate surface area is 121 Å². The number of rotatable bonds is 5. The molecule has 0 unspecified atom stereocenters. The fourth-order valence-corrected chi connectivity index (χ4v) is 2.75. The van der Waals surface area contributed by atoms with E-state index in [9.17, 15) is 4.79 Å². The second kappa shape index (κ2) is 5.73. The molecular weight excluding hydrogens is 250 g/mol. The minimum absolute atomic E-state index is 0.00616. The molecule has 1 aliphatic carbocycles. The number of hydrogen-bond donors (Lipinski definition) is 2. The molecule has 1 fully saturated rings. The van der Waals surface area contributed by atoms with E-state index in [2.05, 4.69) is 12.2 Å². The van der Waals surface area contributed by atoms with Crippen LogP contribution in [0.3, 0.4) is 0 Å². The first-order chi connectivity index (χ1) is 9.47. The van der Waals surface area contributed by atoms with E-state index in [1.54, 1.807) is 31.1 Å². The maximum Gasteiger partial charge on any atom is 0.255 e. The molecule has 1 saturated carbocycles. The number of nitrogen functional groups attached to an aromatic ring is 1. The Morgan fingerprint density at radius 2 is 2.10 bits per heavy atom. The summed E-state index contributed by atoms with van der Waals surface area (Å²) in [5.74, 6) is 0.00616. The first kappa shape index (κ1) is 14.7. The monoisotopic (exact) mass is 275 g/mol. The van der Waals surface area contributed by atoms with Crippen LogP contribution in [0.25, 0.3) is 0 Å². The van der Waals surface area contributed by atoms with Gasteiger partial charge in [0.25, 0.3) is 5.91 Å². The van der Waals surface area contributed by atoms with E-state index in [4.69, 9.17) is 5.73 Å². The number of benzene rings is 1. The summed E-state index contributed by atoms with van der Waals surface area (Å²) in [7, 11) is 3.53. The third-order valence-electron chi connectivity index (χ3n) is 4.50. The van der Waals surface area contributed by atoms with E-state index < -0.39 is 0 Å². The van der Waals surface area contributed by atoms with E-state index >= 15 is 0 Å². The van der Waals surface area contributed by atoms with Gasteiger partial charge in [-0.2, -0.15) is 0 Å². The molecule has 110 valence electrons.